The van der Waals surface area contributed by atoms with Crippen LogP contribution >= 0.6 is 0 Å². The van der Waals surface area contributed by atoms with Crippen LogP contribution in [0.4, 0.5) is 0 Å². The monoisotopic (exact) mass is 546 g/mol. The van der Waals surface area contributed by atoms with Gasteiger partial charge in [-0.2, -0.15) is 0 Å². The van der Waals surface area contributed by atoms with Gasteiger partial charge in [-0.05, 0) is 31.4 Å². The number of benzene rings is 1. The lowest BCUT2D eigenvalue weighted by atomic mass is 10.0. The van der Waals surface area contributed by atoms with E-state index in [4.69, 9.17) is 22.3 Å². The summed E-state index contributed by atoms with van der Waals surface area (Å²) in [6, 6.07) is 2.26. The molecule has 0 saturated heterocycles. The van der Waals surface area contributed by atoms with Crippen LogP contribution in [0.15, 0.2) is 35.5 Å². The molecule has 0 aliphatic heterocycles. The van der Waals surface area contributed by atoms with Gasteiger partial charge in [-0.25, -0.2) is 4.79 Å². The number of rotatable bonds is 15. The van der Waals surface area contributed by atoms with Crippen LogP contribution in [0.2, 0.25) is 0 Å². The molecule has 3 amide bonds. The Balaban J connectivity index is 2.29. The average Bonchev–Trinajstić information content (AvgIpc) is 3.27. The maximum absolute atomic E-state index is 13.4. The Labute approximate surface area is 223 Å². The van der Waals surface area contributed by atoms with Gasteiger partial charge >= 0.3 is 11.9 Å². The zero-order chi connectivity index (χ0) is 29.1. The highest BCUT2D eigenvalue weighted by Crippen LogP contribution is 2.19. The van der Waals surface area contributed by atoms with Gasteiger partial charge in [0.05, 0.1) is 12.5 Å². The molecule has 0 spiro atoms. The zero-order valence-corrected chi connectivity index (χ0v) is 21.3. The first kappa shape index (κ1) is 30.6. The van der Waals surface area contributed by atoms with Crippen molar-refractivity contribution >= 4 is 46.5 Å². The highest BCUT2D eigenvalue weighted by molar-refractivity contribution is 5.95. The molecular weight excluding hydrogens is 512 g/mol. The SMILES string of the molecule is CC(N)C(=O)NC(Cc1c[nH]c2ccccc12)C(=O)NC(CCCN=C(N)N)C(=O)NC(CC(=O)O)C(=O)O. The van der Waals surface area contributed by atoms with Gasteiger partial charge in [-0.3, -0.25) is 24.2 Å². The molecule has 4 atom stereocenters. The van der Waals surface area contributed by atoms with Crippen LogP contribution in [0.3, 0.4) is 0 Å². The first-order valence-corrected chi connectivity index (χ1v) is 12.1. The first-order valence-electron chi connectivity index (χ1n) is 12.1. The summed E-state index contributed by atoms with van der Waals surface area (Å²) in [6.07, 6.45) is 1.07. The van der Waals surface area contributed by atoms with Gasteiger partial charge in [0.15, 0.2) is 5.96 Å². The third-order valence-corrected chi connectivity index (χ3v) is 5.72. The second-order valence-electron chi connectivity index (χ2n) is 8.92. The highest BCUT2D eigenvalue weighted by Gasteiger charge is 2.31. The fraction of sp³-hybridized carbons (Fsp3) is 0.417. The summed E-state index contributed by atoms with van der Waals surface area (Å²) in [4.78, 5) is 68.2. The van der Waals surface area contributed by atoms with Crippen LogP contribution in [-0.4, -0.2) is 81.5 Å². The van der Waals surface area contributed by atoms with Crippen molar-refractivity contribution in [2.45, 2.75) is 56.8 Å². The molecule has 39 heavy (non-hydrogen) atoms. The quantitative estimate of drug-likeness (QED) is 0.0681. The third-order valence-electron chi connectivity index (χ3n) is 5.72. The number of nitrogens with one attached hydrogen (secondary N) is 4. The van der Waals surface area contributed by atoms with Crippen LogP contribution in [0.5, 0.6) is 0 Å². The molecule has 1 heterocycles. The van der Waals surface area contributed by atoms with E-state index in [9.17, 15) is 29.1 Å². The van der Waals surface area contributed by atoms with E-state index < -0.39 is 60.2 Å². The number of amides is 3. The summed E-state index contributed by atoms with van der Waals surface area (Å²) < 4.78 is 0. The van der Waals surface area contributed by atoms with E-state index in [-0.39, 0.29) is 31.8 Å². The van der Waals surface area contributed by atoms with E-state index in [0.717, 1.165) is 16.5 Å². The predicted octanol–water partition coefficient (Wildman–Crippen LogP) is -1.88. The lowest BCUT2D eigenvalue weighted by molar-refractivity contribution is -0.147. The van der Waals surface area contributed by atoms with Crippen LogP contribution in [0, 0.1) is 0 Å². The molecule has 0 aliphatic carbocycles. The summed E-state index contributed by atoms with van der Waals surface area (Å²) in [5.41, 5.74) is 17.8. The maximum Gasteiger partial charge on any atom is 0.326 e. The van der Waals surface area contributed by atoms with Crippen LogP contribution in [0.1, 0.15) is 31.7 Å². The van der Waals surface area contributed by atoms with Gasteiger partial charge in [0, 0.05) is 30.1 Å². The molecular formula is C24H34N8O7. The Morgan fingerprint density at radius 3 is 2.18 bits per heavy atom. The number of hydrogen-bond donors (Lipinski definition) is 9. The Hall–Kier alpha value is -4.66. The summed E-state index contributed by atoms with van der Waals surface area (Å²) in [5.74, 6) is -5.43. The number of carbonyl (C=O) groups excluding carboxylic acids is 3. The number of carboxylic acids is 2. The molecule has 15 heteroatoms. The number of aromatic amines is 1. The molecule has 1 aromatic carbocycles. The molecule has 0 radical (unpaired) electrons. The minimum Gasteiger partial charge on any atom is -0.481 e. The Bertz CT molecular complexity index is 1220. The number of aliphatic imine (C=N–C) groups is 1. The summed E-state index contributed by atoms with van der Waals surface area (Å²) in [5, 5.41) is 26.4. The smallest absolute Gasteiger partial charge is 0.326 e. The lowest BCUT2D eigenvalue weighted by Gasteiger charge is -2.24. The topological polar surface area (TPSA) is 268 Å². The van der Waals surface area contributed by atoms with E-state index >= 15 is 0 Å². The maximum atomic E-state index is 13.4. The molecule has 2 rings (SSSR count). The largest absolute Gasteiger partial charge is 0.481 e. The zero-order valence-electron chi connectivity index (χ0n) is 21.3. The first-order chi connectivity index (χ1) is 18.4. The lowest BCUT2D eigenvalue weighted by Crippen LogP contribution is -2.57. The second kappa shape index (κ2) is 14.3. The number of aromatic nitrogens is 1. The van der Waals surface area contributed by atoms with E-state index in [0.29, 0.717) is 0 Å². The molecule has 2 aromatic rings. The second-order valence-corrected chi connectivity index (χ2v) is 8.92. The molecule has 0 aliphatic rings. The van der Waals surface area contributed by atoms with Crippen molar-refractivity contribution in [1.29, 1.82) is 0 Å². The number of fused-ring (bicyclic) bond motifs is 1. The van der Waals surface area contributed by atoms with Crippen molar-refractivity contribution in [3.8, 4) is 0 Å². The van der Waals surface area contributed by atoms with E-state index in [2.05, 4.69) is 25.9 Å². The van der Waals surface area contributed by atoms with Crippen LogP contribution in [0.25, 0.3) is 10.9 Å². The Morgan fingerprint density at radius 1 is 0.949 bits per heavy atom. The molecule has 1 aromatic heterocycles. The molecule has 0 fully saturated rings. The van der Waals surface area contributed by atoms with E-state index in [1.807, 2.05) is 24.3 Å². The molecule has 12 N–H and O–H groups in total. The third kappa shape index (κ3) is 9.62. The van der Waals surface area contributed by atoms with Gasteiger partial charge in [-0.15, -0.1) is 0 Å². The van der Waals surface area contributed by atoms with Gasteiger partial charge in [0.1, 0.15) is 18.1 Å². The number of aliphatic carboxylic acids is 2. The fourth-order valence-electron chi connectivity index (χ4n) is 3.72. The minimum absolute atomic E-state index is 0.0190. The van der Waals surface area contributed by atoms with Crippen molar-refractivity contribution in [2.24, 2.45) is 22.2 Å². The van der Waals surface area contributed by atoms with Gasteiger partial charge in [-0.1, -0.05) is 18.2 Å². The van der Waals surface area contributed by atoms with Crippen molar-refractivity contribution in [1.82, 2.24) is 20.9 Å². The van der Waals surface area contributed by atoms with Crippen LogP contribution < -0.4 is 33.2 Å². The number of nitrogens with two attached hydrogens (primary N) is 3. The number of carbonyl (C=O) groups is 5. The van der Waals surface area contributed by atoms with Gasteiger partial charge < -0.3 is 48.3 Å². The number of guanidine groups is 1. The standard InChI is InChI=1S/C24H34N8O7/c1-12(25)20(35)31-17(9-13-11-29-15-6-3-2-5-14(13)15)22(37)30-16(7-4-8-28-24(26)27)21(36)32-18(23(38)39)10-19(33)34/h2-3,5-6,11-12,16-18,29H,4,7-10,25H2,1H3,(H,30,37)(H,31,35)(H,32,36)(H,33,34)(H,38,39)(H4,26,27,28). The minimum atomic E-state index is -1.73. The predicted molar refractivity (Wildman–Crippen MR) is 141 cm³/mol. The highest BCUT2D eigenvalue weighted by atomic mass is 16.4. The number of carboxylic acid groups (broad SMARTS) is 2. The van der Waals surface area contributed by atoms with Gasteiger partial charge in [0.2, 0.25) is 17.7 Å². The normalized spacial score (nSPS) is 13.9. The molecule has 0 bridgehead atoms. The Morgan fingerprint density at radius 2 is 1.56 bits per heavy atom. The summed E-state index contributed by atoms with van der Waals surface area (Å²) in [7, 11) is 0. The van der Waals surface area contributed by atoms with Crippen molar-refractivity contribution in [3.05, 3.63) is 36.0 Å². The van der Waals surface area contributed by atoms with E-state index in [1.165, 1.54) is 6.92 Å². The Kier molecular flexibility index (Phi) is 11.2. The number of nitrogens with zero attached hydrogens (tertiary/aromatic N) is 1. The van der Waals surface area contributed by atoms with E-state index in [1.54, 1.807) is 6.20 Å². The summed E-state index contributed by atoms with van der Waals surface area (Å²) >= 11 is 0. The molecule has 15 nitrogen and oxygen atoms in total. The van der Waals surface area contributed by atoms with Crippen LogP contribution in [-0.2, 0) is 30.4 Å². The number of H-pyrrole nitrogens is 1. The van der Waals surface area contributed by atoms with Crippen molar-refractivity contribution in [3.63, 3.8) is 0 Å². The van der Waals surface area contributed by atoms with Crippen molar-refractivity contribution in [2.75, 3.05) is 6.54 Å². The molecule has 4 unspecified atom stereocenters. The van der Waals surface area contributed by atoms with Crippen molar-refractivity contribution < 1.29 is 34.2 Å². The number of para-hydroxylation sites is 1. The average molecular weight is 547 g/mol. The molecule has 212 valence electrons. The van der Waals surface area contributed by atoms with Gasteiger partial charge in [0.25, 0.3) is 0 Å². The summed E-state index contributed by atoms with van der Waals surface area (Å²) in [6.45, 7) is 1.56. The molecule has 0 saturated carbocycles. The fourth-order valence-corrected chi connectivity index (χ4v) is 3.72. The number of hydrogen-bond acceptors (Lipinski definition) is 7.